The topological polar surface area (TPSA) is 3.24 Å². The Morgan fingerprint density at radius 3 is 2.43 bits per heavy atom. The molecule has 0 aromatic rings. The van der Waals surface area contributed by atoms with Gasteiger partial charge in [-0.25, -0.2) is 0 Å². The molecule has 0 spiro atoms. The van der Waals surface area contributed by atoms with Crippen LogP contribution < -0.4 is 0 Å². The maximum absolute atomic E-state index is 2.42. The molecule has 2 fully saturated rings. The molecule has 0 bridgehead atoms. The molecule has 14 heavy (non-hydrogen) atoms. The molecular formula is C13H25N. The largest absolute Gasteiger partial charge is 0.306 e. The van der Waals surface area contributed by atoms with E-state index in [1.54, 1.807) is 0 Å². The first-order valence-corrected chi connectivity index (χ1v) is 6.28. The summed E-state index contributed by atoms with van der Waals surface area (Å²) in [5.74, 6) is 2.06. The third kappa shape index (κ3) is 1.25. The lowest BCUT2D eigenvalue weighted by Crippen LogP contribution is -2.47. The van der Waals surface area contributed by atoms with Gasteiger partial charge in [-0.15, -0.1) is 0 Å². The van der Waals surface area contributed by atoms with Crippen molar-refractivity contribution in [2.75, 3.05) is 14.1 Å². The van der Waals surface area contributed by atoms with Crippen molar-refractivity contribution in [3.05, 3.63) is 0 Å². The fourth-order valence-corrected chi connectivity index (χ4v) is 4.12. The van der Waals surface area contributed by atoms with Gasteiger partial charge in [0.05, 0.1) is 0 Å². The average molecular weight is 195 g/mol. The predicted molar refractivity (Wildman–Crippen MR) is 61.3 cm³/mol. The number of hydrogen-bond acceptors (Lipinski definition) is 1. The molecule has 0 heterocycles. The number of fused-ring (bicyclic) bond motifs is 1. The molecule has 82 valence electrons. The summed E-state index contributed by atoms with van der Waals surface area (Å²) in [6, 6.07) is 0.778. The zero-order chi connectivity index (χ0) is 10.3. The molecule has 0 N–H and O–H groups in total. The van der Waals surface area contributed by atoms with Gasteiger partial charge < -0.3 is 4.90 Å². The van der Waals surface area contributed by atoms with Crippen molar-refractivity contribution < 1.29 is 0 Å². The van der Waals surface area contributed by atoms with E-state index in [4.69, 9.17) is 0 Å². The first-order chi connectivity index (χ1) is 6.62. The molecule has 1 heteroatoms. The van der Waals surface area contributed by atoms with Crippen LogP contribution in [0.5, 0.6) is 0 Å². The van der Waals surface area contributed by atoms with Gasteiger partial charge in [-0.1, -0.05) is 6.92 Å². The van der Waals surface area contributed by atoms with Gasteiger partial charge >= 0.3 is 0 Å². The van der Waals surface area contributed by atoms with Gasteiger partial charge in [0.2, 0.25) is 0 Å². The quantitative estimate of drug-likeness (QED) is 0.668. The zero-order valence-electron chi connectivity index (χ0n) is 10.2. The normalized spacial score (nSPS) is 43.5. The lowest BCUT2D eigenvalue weighted by Gasteiger charge is -2.51. The van der Waals surface area contributed by atoms with Crippen LogP contribution in [0.15, 0.2) is 0 Å². The highest BCUT2D eigenvalue weighted by Gasteiger charge is 2.55. The van der Waals surface area contributed by atoms with Crippen LogP contribution in [0.25, 0.3) is 0 Å². The first kappa shape index (κ1) is 10.5. The molecule has 0 aromatic carbocycles. The van der Waals surface area contributed by atoms with Crippen LogP contribution in [-0.4, -0.2) is 25.0 Å². The number of rotatable bonds is 3. The molecule has 2 aliphatic rings. The van der Waals surface area contributed by atoms with Crippen molar-refractivity contribution in [2.24, 2.45) is 17.3 Å². The zero-order valence-corrected chi connectivity index (χ0v) is 10.2. The summed E-state index contributed by atoms with van der Waals surface area (Å²) in [6.45, 7) is 4.83. The molecule has 0 radical (unpaired) electrons. The minimum atomic E-state index is 0.754. The van der Waals surface area contributed by atoms with Gasteiger partial charge in [-0.3, -0.25) is 0 Å². The van der Waals surface area contributed by atoms with Gasteiger partial charge in [0.15, 0.2) is 0 Å². The molecule has 0 aromatic heterocycles. The van der Waals surface area contributed by atoms with Crippen LogP contribution in [0.4, 0.5) is 0 Å². The Bertz CT molecular complexity index is 207. The predicted octanol–water partition coefficient (Wildman–Crippen LogP) is 3.15. The van der Waals surface area contributed by atoms with Crippen LogP contribution in [0.3, 0.4) is 0 Å². The third-order valence-electron chi connectivity index (χ3n) is 5.39. The van der Waals surface area contributed by atoms with E-state index in [0.29, 0.717) is 0 Å². The van der Waals surface area contributed by atoms with Crippen molar-refractivity contribution in [1.82, 2.24) is 4.90 Å². The van der Waals surface area contributed by atoms with Gasteiger partial charge in [-0.05, 0) is 70.4 Å². The van der Waals surface area contributed by atoms with Gasteiger partial charge in [0.25, 0.3) is 0 Å². The summed E-state index contributed by atoms with van der Waals surface area (Å²) in [5.41, 5.74) is 0.754. The Morgan fingerprint density at radius 2 is 2.00 bits per heavy atom. The van der Waals surface area contributed by atoms with Crippen molar-refractivity contribution in [3.63, 3.8) is 0 Å². The maximum atomic E-state index is 2.42. The first-order valence-electron chi connectivity index (χ1n) is 6.28. The summed E-state index contributed by atoms with van der Waals surface area (Å²) in [7, 11) is 4.47. The van der Waals surface area contributed by atoms with Crippen LogP contribution in [-0.2, 0) is 0 Å². The van der Waals surface area contributed by atoms with E-state index in [0.717, 1.165) is 23.3 Å². The molecule has 2 aliphatic carbocycles. The molecular weight excluding hydrogens is 170 g/mol. The highest BCUT2D eigenvalue weighted by atomic mass is 15.1. The minimum Gasteiger partial charge on any atom is -0.306 e. The Kier molecular flexibility index (Phi) is 2.63. The molecule has 1 nitrogen and oxygen atoms in total. The van der Waals surface area contributed by atoms with Gasteiger partial charge in [0, 0.05) is 6.04 Å². The average Bonchev–Trinajstić information content (AvgIpc) is 2.37. The van der Waals surface area contributed by atoms with Crippen molar-refractivity contribution in [1.29, 1.82) is 0 Å². The second kappa shape index (κ2) is 3.52. The Balaban J connectivity index is 2.12. The Labute approximate surface area is 88.9 Å². The summed E-state index contributed by atoms with van der Waals surface area (Å²) in [6.07, 6.45) is 7.44. The van der Waals surface area contributed by atoms with Crippen LogP contribution >= 0.6 is 0 Å². The van der Waals surface area contributed by atoms with Crippen LogP contribution in [0, 0.1) is 17.3 Å². The second-order valence-corrected chi connectivity index (χ2v) is 5.71. The monoisotopic (exact) mass is 195 g/mol. The van der Waals surface area contributed by atoms with E-state index >= 15 is 0 Å². The lowest BCUT2D eigenvalue weighted by atomic mass is 9.56. The standard InChI is InChI=1S/C13H25N/c1-5-13-9-8-11(13)6-7-12(13)10(2)14(3)4/h10-12H,5-9H2,1-4H3/t10-,11?,12-,13?/m1/s1. The van der Waals surface area contributed by atoms with Crippen molar-refractivity contribution in [3.8, 4) is 0 Å². The number of hydrogen-bond donors (Lipinski definition) is 0. The van der Waals surface area contributed by atoms with E-state index in [9.17, 15) is 0 Å². The fourth-order valence-electron chi connectivity index (χ4n) is 4.12. The van der Waals surface area contributed by atoms with E-state index in [2.05, 4.69) is 32.8 Å². The van der Waals surface area contributed by atoms with Crippen LogP contribution in [0.1, 0.15) is 46.0 Å². The van der Waals surface area contributed by atoms with Crippen LogP contribution in [0.2, 0.25) is 0 Å². The van der Waals surface area contributed by atoms with E-state index in [-0.39, 0.29) is 0 Å². The highest BCUT2D eigenvalue weighted by Crippen LogP contribution is 2.63. The fraction of sp³-hybridized carbons (Fsp3) is 1.00. The van der Waals surface area contributed by atoms with Crippen molar-refractivity contribution in [2.45, 2.75) is 52.0 Å². The second-order valence-electron chi connectivity index (χ2n) is 5.71. The molecule has 2 rings (SSSR count). The van der Waals surface area contributed by atoms with E-state index in [1.807, 2.05) is 0 Å². The lowest BCUT2D eigenvalue weighted by molar-refractivity contribution is -0.0145. The maximum Gasteiger partial charge on any atom is 0.00945 e. The molecule has 0 saturated heterocycles. The molecule has 0 aliphatic heterocycles. The Morgan fingerprint density at radius 1 is 1.29 bits per heavy atom. The summed E-state index contributed by atoms with van der Waals surface area (Å²) >= 11 is 0. The molecule has 2 unspecified atom stereocenters. The molecule has 2 saturated carbocycles. The summed E-state index contributed by atoms with van der Waals surface area (Å²) in [4.78, 5) is 2.42. The molecule has 4 atom stereocenters. The summed E-state index contributed by atoms with van der Waals surface area (Å²) < 4.78 is 0. The number of nitrogens with zero attached hydrogens (tertiary/aromatic N) is 1. The smallest absolute Gasteiger partial charge is 0.00945 e. The van der Waals surface area contributed by atoms with Crippen molar-refractivity contribution >= 4 is 0 Å². The van der Waals surface area contributed by atoms with E-state index < -0.39 is 0 Å². The molecule has 0 amide bonds. The van der Waals surface area contributed by atoms with Gasteiger partial charge in [-0.2, -0.15) is 0 Å². The minimum absolute atomic E-state index is 0.754. The summed E-state index contributed by atoms with van der Waals surface area (Å²) in [5, 5.41) is 0. The highest BCUT2D eigenvalue weighted by molar-refractivity contribution is 5.06. The van der Waals surface area contributed by atoms with E-state index in [1.165, 1.54) is 32.1 Å². The third-order valence-corrected chi connectivity index (χ3v) is 5.39. The Hall–Kier alpha value is -0.0400. The SMILES string of the molecule is CCC12CCC1CC[C@@H]2[C@@H](C)N(C)C. The van der Waals surface area contributed by atoms with Gasteiger partial charge in [0.1, 0.15) is 0 Å².